The van der Waals surface area contributed by atoms with E-state index >= 15 is 0 Å². The fourth-order valence-corrected chi connectivity index (χ4v) is 6.46. The van der Waals surface area contributed by atoms with Gasteiger partial charge in [-0.3, -0.25) is 0 Å². The van der Waals surface area contributed by atoms with Crippen LogP contribution in [0.5, 0.6) is 0 Å². The van der Waals surface area contributed by atoms with Crippen LogP contribution >= 0.6 is 23.1 Å². The zero-order valence-corrected chi connectivity index (χ0v) is 18.2. The molecule has 1 aromatic heterocycles. The van der Waals surface area contributed by atoms with Crippen molar-refractivity contribution < 1.29 is 0 Å². The number of fused-ring (bicyclic) bond motifs is 2. The van der Waals surface area contributed by atoms with E-state index in [-0.39, 0.29) is 0 Å². The third kappa shape index (κ3) is 4.13. The summed E-state index contributed by atoms with van der Waals surface area (Å²) in [5.41, 5.74) is 3.81. The molecule has 5 heteroatoms. The van der Waals surface area contributed by atoms with Crippen LogP contribution in [0.25, 0.3) is 0 Å². The molecule has 1 fully saturated rings. The minimum atomic E-state index is 0.487. The predicted molar refractivity (Wildman–Crippen MR) is 124 cm³/mol. The Bertz CT molecular complexity index is 1030. The molecule has 2 aliphatic heterocycles. The summed E-state index contributed by atoms with van der Waals surface area (Å²) in [4.78, 5) is 10.3. The Morgan fingerprint density at radius 2 is 1.93 bits per heavy atom. The first-order valence-electron chi connectivity index (χ1n) is 10.2. The zero-order valence-electron chi connectivity index (χ0n) is 16.6. The van der Waals surface area contributed by atoms with E-state index < -0.39 is 0 Å². The van der Waals surface area contributed by atoms with Crippen LogP contribution in [0.3, 0.4) is 0 Å². The van der Waals surface area contributed by atoms with Gasteiger partial charge in [0.2, 0.25) is 0 Å². The number of benzene rings is 2. The summed E-state index contributed by atoms with van der Waals surface area (Å²) in [6.45, 7) is 5.21. The zero-order chi connectivity index (χ0) is 19.6. The molecule has 1 atom stereocenters. The summed E-state index contributed by atoms with van der Waals surface area (Å²) < 4.78 is 1.37. The fraction of sp³-hybridized carbons (Fsp3) is 0.292. The van der Waals surface area contributed by atoms with Gasteiger partial charge < -0.3 is 10.2 Å². The van der Waals surface area contributed by atoms with Gasteiger partial charge in [0, 0.05) is 41.0 Å². The van der Waals surface area contributed by atoms with E-state index in [2.05, 4.69) is 77.8 Å². The molecule has 29 heavy (non-hydrogen) atoms. The molecular weight excluding hydrogens is 394 g/mol. The Morgan fingerprint density at radius 1 is 1.10 bits per heavy atom. The molecule has 1 saturated heterocycles. The van der Waals surface area contributed by atoms with Crippen LogP contribution in [0.4, 0.5) is 5.69 Å². The molecule has 148 valence electrons. The van der Waals surface area contributed by atoms with E-state index in [1.807, 2.05) is 23.1 Å². The lowest BCUT2D eigenvalue weighted by Crippen LogP contribution is -2.52. The first-order chi connectivity index (χ1) is 14.3. The van der Waals surface area contributed by atoms with Gasteiger partial charge in [-0.05, 0) is 43.5 Å². The lowest BCUT2D eigenvalue weighted by Gasteiger charge is -2.36. The van der Waals surface area contributed by atoms with E-state index in [9.17, 15) is 0 Å². The number of nitrogens with zero attached hydrogens (tertiary/aromatic N) is 2. The highest BCUT2D eigenvalue weighted by Crippen LogP contribution is 2.44. The quantitative estimate of drug-likeness (QED) is 0.607. The highest BCUT2D eigenvalue weighted by atomic mass is 32.2. The van der Waals surface area contributed by atoms with Crippen LogP contribution in [0.1, 0.15) is 22.4 Å². The van der Waals surface area contributed by atoms with E-state index in [0.29, 0.717) is 6.04 Å². The Labute approximate surface area is 180 Å². The van der Waals surface area contributed by atoms with Gasteiger partial charge in [-0.1, -0.05) is 54.2 Å². The summed E-state index contributed by atoms with van der Waals surface area (Å²) in [7, 11) is 0. The number of para-hydroxylation sites is 1. The van der Waals surface area contributed by atoms with Gasteiger partial charge >= 0.3 is 0 Å². The average Bonchev–Trinajstić information content (AvgIpc) is 3.04. The molecule has 0 bridgehead atoms. The molecule has 0 spiro atoms. The van der Waals surface area contributed by atoms with Crippen molar-refractivity contribution in [2.24, 2.45) is 4.99 Å². The summed E-state index contributed by atoms with van der Waals surface area (Å²) in [5, 5.41) is 3.72. The number of piperazine rings is 1. The minimum absolute atomic E-state index is 0.487. The number of amidine groups is 1. The maximum atomic E-state index is 5.17. The molecule has 3 aromatic rings. The predicted octanol–water partition coefficient (Wildman–Crippen LogP) is 5.51. The number of hydrogen-bond acceptors (Lipinski definition) is 5. The molecular formula is C24H25N3S2. The maximum absolute atomic E-state index is 5.17. The Balaban J connectivity index is 1.40. The third-order valence-corrected chi connectivity index (χ3v) is 7.85. The molecule has 3 nitrogen and oxygen atoms in total. The molecule has 0 aliphatic carbocycles. The molecule has 1 unspecified atom stereocenters. The van der Waals surface area contributed by atoms with E-state index in [0.717, 1.165) is 44.0 Å². The summed E-state index contributed by atoms with van der Waals surface area (Å²) in [6.07, 6.45) is 2.26. The SMILES string of the molecule is Cc1cc2c(s1)Sc1ccccc1N=C2N1CCNC(CCc2ccccc2)C1. The van der Waals surface area contributed by atoms with Crippen molar-refractivity contribution in [2.75, 3.05) is 19.6 Å². The molecule has 3 heterocycles. The molecule has 0 saturated carbocycles. The molecule has 2 aliphatic rings. The number of hydrogen-bond donors (Lipinski definition) is 1. The number of nitrogens with one attached hydrogen (secondary N) is 1. The van der Waals surface area contributed by atoms with Crippen molar-refractivity contribution in [3.63, 3.8) is 0 Å². The topological polar surface area (TPSA) is 27.6 Å². The normalized spacial score (nSPS) is 18.6. The van der Waals surface area contributed by atoms with Gasteiger partial charge in [0.15, 0.2) is 0 Å². The van der Waals surface area contributed by atoms with Gasteiger partial charge in [0.05, 0.1) is 9.90 Å². The van der Waals surface area contributed by atoms with E-state index in [1.165, 1.54) is 25.1 Å². The Morgan fingerprint density at radius 3 is 2.83 bits per heavy atom. The van der Waals surface area contributed by atoms with Crippen LogP contribution in [-0.4, -0.2) is 36.4 Å². The van der Waals surface area contributed by atoms with Gasteiger partial charge in [0.25, 0.3) is 0 Å². The summed E-state index contributed by atoms with van der Waals surface area (Å²) in [5.74, 6) is 1.15. The summed E-state index contributed by atoms with van der Waals surface area (Å²) >= 11 is 3.74. The average molecular weight is 420 g/mol. The first-order valence-corrected chi connectivity index (χ1v) is 11.9. The number of rotatable bonds is 3. The van der Waals surface area contributed by atoms with Crippen LogP contribution in [0.15, 0.2) is 74.8 Å². The largest absolute Gasteiger partial charge is 0.353 e. The van der Waals surface area contributed by atoms with Crippen LogP contribution < -0.4 is 5.32 Å². The van der Waals surface area contributed by atoms with Gasteiger partial charge in [-0.25, -0.2) is 4.99 Å². The number of thiophene rings is 1. The second-order valence-corrected chi connectivity index (χ2v) is 10.3. The van der Waals surface area contributed by atoms with Gasteiger partial charge in [0.1, 0.15) is 5.84 Å². The Kier molecular flexibility index (Phi) is 5.44. The summed E-state index contributed by atoms with van der Waals surface area (Å²) in [6, 6.07) is 22.1. The van der Waals surface area contributed by atoms with E-state index in [4.69, 9.17) is 4.99 Å². The van der Waals surface area contributed by atoms with Crippen molar-refractivity contribution in [3.05, 3.63) is 76.7 Å². The van der Waals surface area contributed by atoms with Crippen molar-refractivity contribution in [2.45, 2.75) is 34.9 Å². The van der Waals surface area contributed by atoms with Gasteiger partial charge in [-0.2, -0.15) is 0 Å². The highest BCUT2D eigenvalue weighted by molar-refractivity contribution is 8.01. The lowest BCUT2D eigenvalue weighted by molar-refractivity contribution is 0.282. The smallest absolute Gasteiger partial charge is 0.138 e. The standard InChI is InChI=1S/C24H25N3S2/c1-17-15-20-23(26-21-9-5-6-10-22(21)29-24(20)28-17)27-14-13-25-19(16-27)12-11-18-7-3-2-4-8-18/h2-10,15,19,25H,11-14,16H2,1H3. The van der Waals surface area contributed by atoms with Crippen molar-refractivity contribution in [1.82, 2.24) is 10.2 Å². The van der Waals surface area contributed by atoms with Crippen molar-refractivity contribution >= 4 is 34.6 Å². The minimum Gasteiger partial charge on any atom is -0.353 e. The molecule has 2 aromatic carbocycles. The number of aryl methyl sites for hydroxylation is 2. The monoisotopic (exact) mass is 419 g/mol. The lowest BCUT2D eigenvalue weighted by atomic mass is 10.0. The second kappa shape index (κ2) is 8.34. The van der Waals surface area contributed by atoms with Crippen LogP contribution in [0.2, 0.25) is 0 Å². The maximum Gasteiger partial charge on any atom is 0.138 e. The van der Waals surface area contributed by atoms with Crippen LogP contribution in [-0.2, 0) is 6.42 Å². The van der Waals surface area contributed by atoms with E-state index in [1.54, 1.807) is 0 Å². The molecule has 0 radical (unpaired) electrons. The third-order valence-electron chi connectivity index (χ3n) is 5.54. The molecule has 0 amide bonds. The first kappa shape index (κ1) is 18.9. The second-order valence-electron chi connectivity index (χ2n) is 7.68. The molecule has 1 N–H and O–H groups in total. The highest BCUT2D eigenvalue weighted by Gasteiger charge is 2.27. The van der Waals surface area contributed by atoms with Crippen LogP contribution in [0, 0.1) is 6.92 Å². The van der Waals surface area contributed by atoms with Crippen molar-refractivity contribution in [3.8, 4) is 0 Å². The van der Waals surface area contributed by atoms with Gasteiger partial charge in [-0.15, -0.1) is 11.3 Å². The Hall–Kier alpha value is -2.08. The number of aliphatic imine (C=N–C) groups is 1. The molecule has 5 rings (SSSR count). The van der Waals surface area contributed by atoms with Crippen molar-refractivity contribution in [1.29, 1.82) is 0 Å². The fourth-order valence-electron chi connectivity index (χ4n) is 4.07.